The van der Waals surface area contributed by atoms with Crippen molar-refractivity contribution >= 4 is 11.8 Å². The van der Waals surface area contributed by atoms with E-state index in [4.69, 9.17) is 4.74 Å². The summed E-state index contributed by atoms with van der Waals surface area (Å²) in [5.74, 6) is 0.258. The van der Waals surface area contributed by atoms with Crippen LogP contribution in [0.3, 0.4) is 0 Å². The first-order valence-electron chi connectivity index (χ1n) is 8.64. The molecule has 2 N–H and O–H groups in total. The van der Waals surface area contributed by atoms with Crippen LogP contribution in [0.1, 0.15) is 53.9 Å². The predicted octanol–water partition coefficient (Wildman–Crippen LogP) is 4.57. The number of rotatable bonds is 4. The van der Waals surface area contributed by atoms with Gasteiger partial charge < -0.3 is 10.1 Å². The predicted molar refractivity (Wildman–Crippen MR) is 94.6 cm³/mol. The Bertz CT molecular complexity index is 533. The molecule has 0 spiro atoms. The Kier molecular flexibility index (Phi) is 5.35. The highest BCUT2D eigenvalue weighted by molar-refractivity contribution is 5.84. The fourth-order valence-electron chi connectivity index (χ4n) is 3.48. The van der Waals surface area contributed by atoms with Crippen molar-refractivity contribution in [2.75, 3.05) is 5.32 Å². The molecule has 0 saturated carbocycles. The Hall–Kier alpha value is -1.55. The van der Waals surface area contributed by atoms with Crippen molar-refractivity contribution in [2.45, 2.75) is 71.1 Å². The van der Waals surface area contributed by atoms with Crippen molar-refractivity contribution in [1.82, 2.24) is 5.32 Å². The van der Waals surface area contributed by atoms with Crippen LogP contribution in [-0.4, -0.2) is 23.3 Å². The van der Waals surface area contributed by atoms with Crippen LogP contribution in [0.4, 0.5) is 10.5 Å². The summed E-state index contributed by atoms with van der Waals surface area (Å²) >= 11 is 0. The number of hydrogen-bond acceptors (Lipinski definition) is 3. The minimum atomic E-state index is -0.369. The number of amides is 1. The molecule has 4 unspecified atom stereocenters. The second-order valence-corrected chi connectivity index (χ2v) is 7.24. The number of nitrogens with one attached hydrogen (secondary N) is 2. The Labute approximate surface area is 140 Å². The lowest BCUT2D eigenvalue weighted by Crippen LogP contribution is -2.66. The molecule has 1 aromatic carbocycles. The van der Waals surface area contributed by atoms with E-state index in [1.807, 2.05) is 30.3 Å². The topological polar surface area (TPSA) is 50.4 Å². The van der Waals surface area contributed by atoms with Crippen LogP contribution in [0.25, 0.3) is 0 Å². The van der Waals surface area contributed by atoms with Gasteiger partial charge in [0.2, 0.25) is 0 Å². The lowest BCUT2D eigenvalue weighted by Gasteiger charge is -2.52. The lowest BCUT2D eigenvalue weighted by atomic mass is 9.70. The van der Waals surface area contributed by atoms with E-state index < -0.39 is 0 Å². The number of ether oxygens (including phenoxy) is 1. The van der Waals surface area contributed by atoms with E-state index in [2.05, 4.69) is 45.3 Å². The number of piperidine rings is 1. The van der Waals surface area contributed by atoms with Gasteiger partial charge in [-0.3, -0.25) is 5.32 Å². The molecule has 1 saturated heterocycles. The highest BCUT2D eigenvalue weighted by atomic mass is 16.6. The van der Waals surface area contributed by atoms with Gasteiger partial charge >= 0.3 is 6.09 Å². The van der Waals surface area contributed by atoms with Gasteiger partial charge in [-0.1, -0.05) is 39.0 Å². The summed E-state index contributed by atoms with van der Waals surface area (Å²) in [4.78, 5) is 12.3. The summed E-state index contributed by atoms with van der Waals surface area (Å²) in [5, 5.41) is 6.62. The third kappa shape index (κ3) is 4.05. The summed E-state index contributed by atoms with van der Waals surface area (Å²) in [6, 6.07) is 9.43. The van der Waals surface area contributed by atoms with Crippen LogP contribution in [0.5, 0.6) is 0 Å². The Morgan fingerprint density at radius 2 is 1.91 bits per heavy atom. The zero-order chi connectivity index (χ0) is 17.1. The number of benzene rings is 1. The molecule has 4 atom stereocenters. The van der Waals surface area contributed by atoms with Crippen molar-refractivity contribution < 1.29 is 9.53 Å². The molecular formula is C19H30N2O2. The summed E-state index contributed by atoms with van der Waals surface area (Å²) in [7, 11) is 0. The highest BCUT2D eigenvalue weighted by Gasteiger charge is 2.47. The molecule has 1 aliphatic heterocycles. The fraction of sp³-hybridized carbons (Fsp3) is 0.632. The van der Waals surface area contributed by atoms with Gasteiger partial charge in [-0.25, -0.2) is 4.79 Å². The molecule has 4 heteroatoms. The molecule has 1 amide bonds. The molecule has 2 rings (SSSR count). The first kappa shape index (κ1) is 17.8. The minimum Gasteiger partial charge on any atom is -0.446 e. The third-order valence-electron chi connectivity index (χ3n) is 5.60. The van der Waals surface area contributed by atoms with Crippen molar-refractivity contribution in [3.63, 3.8) is 0 Å². The molecule has 0 radical (unpaired) electrons. The highest BCUT2D eigenvalue weighted by Crippen LogP contribution is 2.38. The third-order valence-corrected chi connectivity index (χ3v) is 5.60. The summed E-state index contributed by atoms with van der Waals surface area (Å²) in [5.41, 5.74) is 0.728. The normalized spacial score (nSPS) is 34.0. The van der Waals surface area contributed by atoms with Crippen molar-refractivity contribution in [3.8, 4) is 0 Å². The average Bonchev–Trinajstić information content (AvgIpc) is 2.53. The SMILES string of the molecule is CCC1(C)CC(OC(=O)Nc2ccccc2)C(C)C(C)(CC)N1. The molecule has 128 valence electrons. The van der Waals surface area contributed by atoms with E-state index in [0.717, 1.165) is 24.9 Å². The first-order chi connectivity index (χ1) is 10.8. The summed E-state index contributed by atoms with van der Waals surface area (Å²) in [6.45, 7) is 11.0. The Morgan fingerprint density at radius 3 is 2.48 bits per heavy atom. The standard InChI is InChI=1S/C19H30N2O2/c1-6-18(4)13-16(14(3)19(5,7-2)21-18)23-17(22)20-15-11-9-8-10-12-15/h8-12,14,16,21H,6-7,13H2,1-5H3,(H,20,22). The summed E-state index contributed by atoms with van der Waals surface area (Å²) in [6.07, 6.45) is 2.39. The van der Waals surface area contributed by atoms with Crippen LogP contribution in [0.15, 0.2) is 30.3 Å². The largest absolute Gasteiger partial charge is 0.446 e. The molecule has 4 nitrogen and oxygen atoms in total. The maximum absolute atomic E-state index is 12.3. The number of carbonyl (C=O) groups excluding carboxylic acids is 1. The van der Waals surface area contributed by atoms with Crippen LogP contribution in [0.2, 0.25) is 0 Å². The fourth-order valence-corrected chi connectivity index (χ4v) is 3.48. The summed E-state index contributed by atoms with van der Waals surface area (Å²) < 4.78 is 5.81. The first-order valence-corrected chi connectivity index (χ1v) is 8.64. The van der Waals surface area contributed by atoms with Crippen molar-refractivity contribution in [3.05, 3.63) is 30.3 Å². The van der Waals surface area contributed by atoms with E-state index in [1.54, 1.807) is 0 Å². The second kappa shape index (κ2) is 6.91. The van der Waals surface area contributed by atoms with Gasteiger partial charge in [0.1, 0.15) is 6.10 Å². The average molecular weight is 318 g/mol. The zero-order valence-electron chi connectivity index (χ0n) is 15.0. The number of hydrogen-bond donors (Lipinski definition) is 2. The molecule has 1 fully saturated rings. The van der Waals surface area contributed by atoms with Gasteiger partial charge in [0.25, 0.3) is 0 Å². The van der Waals surface area contributed by atoms with Crippen LogP contribution >= 0.6 is 0 Å². The van der Waals surface area contributed by atoms with Gasteiger partial charge in [0.15, 0.2) is 0 Å². The van der Waals surface area contributed by atoms with Crippen molar-refractivity contribution in [2.24, 2.45) is 5.92 Å². The Morgan fingerprint density at radius 1 is 1.26 bits per heavy atom. The van der Waals surface area contributed by atoms with Crippen LogP contribution < -0.4 is 10.6 Å². The molecule has 0 aliphatic carbocycles. The van der Waals surface area contributed by atoms with Crippen LogP contribution in [0, 0.1) is 5.92 Å². The van der Waals surface area contributed by atoms with Gasteiger partial charge in [0.05, 0.1) is 0 Å². The maximum Gasteiger partial charge on any atom is 0.411 e. The van der Waals surface area contributed by atoms with Gasteiger partial charge in [-0.15, -0.1) is 0 Å². The van der Waals surface area contributed by atoms with Crippen LogP contribution in [-0.2, 0) is 4.74 Å². The molecule has 0 bridgehead atoms. The smallest absolute Gasteiger partial charge is 0.411 e. The quantitative estimate of drug-likeness (QED) is 0.855. The van der Waals surface area contributed by atoms with E-state index in [-0.39, 0.29) is 29.2 Å². The Balaban J connectivity index is 2.09. The monoisotopic (exact) mass is 318 g/mol. The maximum atomic E-state index is 12.3. The number of carbonyl (C=O) groups is 1. The molecule has 1 heterocycles. The molecular weight excluding hydrogens is 288 g/mol. The molecule has 0 aromatic heterocycles. The van der Waals surface area contributed by atoms with E-state index in [0.29, 0.717) is 0 Å². The zero-order valence-corrected chi connectivity index (χ0v) is 15.0. The number of para-hydroxylation sites is 1. The second-order valence-electron chi connectivity index (χ2n) is 7.24. The van der Waals surface area contributed by atoms with E-state index in [9.17, 15) is 4.79 Å². The van der Waals surface area contributed by atoms with Crippen molar-refractivity contribution in [1.29, 1.82) is 0 Å². The minimum absolute atomic E-state index is 0.00500. The van der Waals surface area contributed by atoms with Gasteiger partial charge in [-0.2, -0.15) is 0 Å². The van der Waals surface area contributed by atoms with E-state index >= 15 is 0 Å². The molecule has 23 heavy (non-hydrogen) atoms. The van der Waals surface area contributed by atoms with E-state index in [1.165, 1.54) is 0 Å². The molecule has 1 aliphatic rings. The lowest BCUT2D eigenvalue weighted by molar-refractivity contribution is -0.0333. The molecule has 1 aromatic rings. The van der Waals surface area contributed by atoms with Gasteiger partial charge in [0, 0.05) is 29.1 Å². The van der Waals surface area contributed by atoms with Gasteiger partial charge in [-0.05, 0) is 38.8 Å². The number of anilines is 1.